The summed E-state index contributed by atoms with van der Waals surface area (Å²) < 4.78 is 0. The summed E-state index contributed by atoms with van der Waals surface area (Å²) in [5, 5.41) is 4.71. The van der Waals surface area contributed by atoms with E-state index in [0.29, 0.717) is 18.8 Å². The number of aromatic nitrogens is 1. The van der Waals surface area contributed by atoms with Crippen molar-refractivity contribution in [3.05, 3.63) is 71.9 Å². The van der Waals surface area contributed by atoms with Gasteiger partial charge in [0.1, 0.15) is 11.6 Å². The minimum Gasteiger partial charge on any atom is -0.383 e. The third-order valence-electron chi connectivity index (χ3n) is 4.95. The molecule has 0 aliphatic rings. The van der Waals surface area contributed by atoms with Crippen molar-refractivity contribution in [1.29, 1.82) is 0 Å². The Hall–Kier alpha value is -3.25. The quantitative estimate of drug-likeness (QED) is 0.520. The summed E-state index contributed by atoms with van der Waals surface area (Å²) in [5.74, 6) is 0.243. The molecule has 6 nitrogen and oxygen atoms in total. The molecular weight excluding hydrogens is 364 g/mol. The van der Waals surface area contributed by atoms with Crippen molar-refractivity contribution in [1.82, 2.24) is 10.3 Å². The van der Waals surface area contributed by atoms with Crippen LogP contribution in [0, 0.1) is 0 Å². The Labute approximate surface area is 170 Å². The zero-order valence-corrected chi connectivity index (χ0v) is 16.3. The van der Waals surface area contributed by atoms with Gasteiger partial charge in [-0.1, -0.05) is 42.5 Å². The predicted molar refractivity (Wildman–Crippen MR) is 115 cm³/mol. The van der Waals surface area contributed by atoms with Gasteiger partial charge in [0, 0.05) is 31.0 Å². The first-order valence-corrected chi connectivity index (χ1v) is 9.75. The van der Waals surface area contributed by atoms with Gasteiger partial charge in [0.15, 0.2) is 0 Å². The van der Waals surface area contributed by atoms with Crippen molar-refractivity contribution in [3.8, 4) is 0 Å². The molecule has 6 heteroatoms. The van der Waals surface area contributed by atoms with Crippen LogP contribution in [-0.2, 0) is 22.6 Å². The minimum atomic E-state index is -0.539. The molecule has 1 heterocycles. The van der Waals surface area contributed by atoms with Gasteiger partial charge in [0.2, 0.25) is 5.91 Å². The third-order valence-corrected chi connectivity index (χ3v) is 4.95. The van der Waals surface area contributed by atoms with Crippen LogP contribution in [-0.4, -0.2) is 22.7 Å². The Bertz CT molecular complexity index is 989. The first-order chi connectivity index (χ1) is 14.0. The number of hydrogen-bond acceptors (Lipinski definition) is 5. The van der Waals surface area contributed by atoms with Crippen molar-refractivity contribution in [2.45, 2.75) is 38.3 Å². The van der Waals surface area contributed by atoms with Crippen molar-refractivity contribution < 1.29 is 9.59 Å². The molecule has 3 rings (SSSR count). The number of benzene rings is 2. The number of carbonyl (C=O) groups excluding carboxylic acids is 2. The standard InChI is InChI=1S/C23H26N4O2/c24-20(9-7-16-4-2-1-3-5-16)21(28)10-11-22(29)27-15-17-6-8-19-18(14-17)12-13-26-23(19)25/h1-6,8,12-14,20H,7,9-11,15,24H2,(H2,25,26)(H,27,29)/t20-/m1/s1. The van der Waals surface area contributed by atoms with Crippen LogP contribution >= 0.6 is 0 Å². The van der Waals surface area contributed by atoms with E-state index in [2.05, 4.69) is 10.3 Å². The largest absolute Gasteiger partial charge is 0.383 e. The number of anilines is 1. The molecule has 0 aliphatic carbocycles. The highest BCUT2D eigenvalue weighted by Gasteiger charge is 2.15. The maximum Gasteiger partial charge on any atom is 0.220 e. The molecule has 1 amide bonds. The second-order valence-electron chi connectivity index (χ2n) is 7.13. The number of pyridine rings is 1. The lowest BCUT2D eigenvalue weighted by atomic mass is 10.0. The summed E-state index contributed by atoms with van der Waals surface area (Å²) in [4.78, 5) is 28.4. The summed E-state index contributed by atoms with van der Waals surface area (Å²) in [6.07, 6.45) is 3.29. The van der Waals surface area contributed by atoms with Crippen LogP contribution in [0.5, 0.6) is 0 Å². The van der Waals surface area contributed by atoms with E-state index in [1.165, 1.54) is 0 Å². The molecule has 0 bridgehead atoms. The van der Waals surface area contributed by atoms with E-state index in [1.54, 1.807) is 6.20 Å². The number of nitrogens with one attached hydrogen (secondary N) is 1. The van der Waals surface area contributed by atoms with E-state index in [9.17, 15) is 9.59 Å². The van der Waals surface area contributed by atoms with Crippen molar-refractivity contribution in [3.63, 3.8) is 0 Å². The number of rotatable bonds is 9. The Morgan fingerprint density at radius 1 is 1.00 bits per heavy atom. The Balaban J connectivity index is 1.41. The van der Waals surface area contributed by atoms with Gasteiger partial charge in [-0.2, -0.15) is 0 Å². The number of hydrogen-bond donors (Lipinski definition) is 3. The molecule has 1 atom stereocenters. The van der Waals surface area contributed by atoms with Crippen LogP contribution in [0.25, 0.3) is 10.8 Å². The highest BCUT2D eigenvalue weighted by atomic mass is 16.2. The molecule has 5 N–H and O–H groups in total. The number of nitrogens with zero attached hydrogens (tertiary/aromatic N) is 1. The van der Waals surface area contributed by atoms with E-state index in [1.807, 2.05) is 54.6 Å². The first kappa shape index (κ1) is 20.5. The van der Waals surface area contributed by atoms with Gasteiger partial charge >= 0.3 is 0 Å². The molecule has 0 unspecified atom stereocenters. The fourth-order valence-corrected chi connectivity index (χ4v) is 3.20. The topological polar surface area (TPSA) is 111 Å². The monoisotopic (exact) mass is 390 g/mol. The summed E-state index contributed by atoms with van der Waals surface area (Å²) >= 11 is 0. The molecule has 0 saturated heterocycles. The molecule has 0 aliphatic heterocycles. The van der Waals surface area contributed by atoms with Gasteiger partial charge in [-0.15, -0.1) is 0 Å². The van der Waals surface area contributed by atoms with E-state index in [0.717, 1.165) is 28.3 Å². The maximum absolute atomic E-state index is 12.2. The zero-order chi connectivity index (χ0) is 20.6. The average Bonchev–Trinajstić information content (AvgIpc) is 2.75. The van der Waals surface area contributed by atoms with Crippen LogP contribution in [0.3, 0.4) is 0 Å². The minimum absolute atomic E-state index is 0.0789. The second kappa shape index (κ2) is 9.80. The number of Topliss-reactive ketones (excluding diaryl/α,β-unsaturated/α-hetero) is 1. The number of nitrogens with two attached hydrogens (primary N) is 2. The lowest BCUT2D eigenvalue weighted by Crippen LogP contribution is -2.32. The number of fused-ring (bicyclic) bond motifs is 1. The molecule has 0 fully saturated rings. The Kier molecular flexibility index (Phi) is 6.92. The lowest BCUT2D eigenvalue weighted by molar-refractivity contribution is -0.126. The number of carbonyl (C=O) groups is 2. The SMILES string of the molecule is Nc1nccc2cc(CNC(=O)CCC(=O)[C@H](N)CCc3ccccc3)ccc12. The van der Waals surface area contributed by atoms with E-state index in [-0.39, 0.29) is 24.5 Å². The van der Waals surface area contributed by atoms with E-state index < -0.39 is 6.04 Å². The van der Waals surface area contributed by atoms with Gasteiger partial charge < -0.3 is 16.8 Å². The summed E-state index contributed by atoms with van der Waals surface area (Å²) in [7, 11) is 0. The van der Waals surface area contributed by atoms with Crippen LogP contribution in [0.4, 0.5) is 5.82 Å². The number of nitrogen functional groups attached to an aromatic ring is 1. The molecule has 0 spiro atoms. The molecule has 0 radical (unpaired) electrons. The van der Waals surface area contributed by atoms with Crippen LogP contribution in [0.2, 0.25) is 0 Å². The van der Waals surface area contributed by atoms with Crippen molar-refractivity contribution >= 4 is 28.3 Å². The molecule has 1 aromatic heterocycles. The van der Waals surface area contributed by atoms with Crippen molar-refractivity contribution in [2.24, 2.45) is 5.73 Å². The number of amides is 1. The molecule has 3 aromatic rings. The number of aryl methyl sites for hydroxylation is 1. The molecule has 0 saturated carbocycles. The van der Waals surface area contributed by atoms with Gasteiger partial charge in [-0.3, -0.25) is 9.59 Å². The summed E-state index contributed by atoms with van der Waals surface area (Å²) in [6.45, 7) is 0.394. The molecule has 150 valence electrons. The first-order valence-electron chi connectivity index (χ1n) is 9.75. The Morgan fingerprint density at radius 2 is 1.79 bits per heavy atom. The summed E-state index contributed by atoms with van der Waals surface area (Å²) in [5.41, 5.74) is 14.0. The van der Waals surface area contributed by atoms with Gasteiger partial charge in [0.25, 0.3) is 0 Å². The molecular formula is C23H26N4O2. The molecule has 2 aromatic carbocycles. The highest BCUT2D eigenvalue weighted by molar-refractivity contribution is 5.91. The highest BCUT2D eigenvalue weighted by Crippen LogP contribution is 2.19. The van der Waals surface area contributed by atoms with E-state index in [4.69, 9.17) is 11.5 Å². The van der Waals surface area contributed by atoms with Crippen LogP contribution in [0.1, 0.15) is 30.4 Å². The predicted octanol–water partition coefficient (Wildman–Crippen LogP) is 2.74. The van der Waals surface area contributed by atoms with Gasteiger partial charge in [0.05, 0.1) is 6.04 Å². The smallest absolute Gasteiger partial charge is 0.220 e. The van der Waals surface area contributed by atoms with Gasteiger partial charge in [-0.25, -0.2) is 4.98 Å². The van der Waals surface area contributed by atoms with E-state index >= 15 is 0 Å². The van der Waals surface area contributed by atoms with Crippen LogP contribution < -0.4 is 16.8 Å². The number of ketones is 1. The summed E-state index contributed by atoms with van der Waals surface area (Å²) in [6, 6.07) is 17.0. The van der Waals surface area contributed by atoms with Crippen molar-refractivity contribution in [2.75, 3.05) is 5.73 Å². The lowest BCUT2D eigenvalue weighted by Gasteiger charge is -2.11. The normalized spacial score (nSPS) is 11.9. The zero-order valence-electron chi connectivity index (χ0n) is 16.3. The third kappa shape index (κ3) is 5.86. The molecule has 29 heavy (non-hydrogen) atoms. The maximum atomic E-state index is 12.2. The fraction of sp³-hybridized carbons (Fsp3) is 0.261. The average molecular weight is 390 g/mol. The fourth-order valence-electron chi connectivity index (χ4n) is 3.20. The second-order valence-corrected chi connectivity index (χ2v) is 7.13. The Morgan fingerprint density at radius 3 is 2.59 bits per heavy atom. The van der Waals surface area contributed by atoms with Gasteiger partial charge in [-0.05, 0) is 41.5 Å². The van der Waals surface area contributed by atoms with Crippen LogP contribution in [0.15, 0.2) is 60.8 Å².